The van der Waals surface area contributed by atoms with Crippen LogP contribution in [0.25, 0.3) is 0 Å². The molecular weight excluding hydrogens is 444 g/mol. The highest BCUT2D eigenvalue weighted by atomic mass is 16.5. The fraction of sp³-hybridized carbons (Fsp3) is 0.200. The van der Waals surface area contributed by atoms with Gasteiger partial charge in [-0.05, 0) is 24.3 Å². The van der Waals surface area contributed by atoms with Crippen molar-refractivity contribution in [1.82, 2.24) is 10.6 Å². The number of amides is 2. The van der Waals surface area contributed by atoms with Gasteiger partial charge in [0, 0.05) is 0 Å². The number of aliphatic hydroxyl groups excluding tert-OH is 1. The molecule has 0 aliphatic carbocycles. The minimum atomic E-state index is -1.78. The number of carboxylic acid groups (broad SMARTS) is 1. The number of carbonyl (C=O) groups is 4. The fourth-order valence-electron chi connectivity index (χ4n) is 2.52. The van der Waals surface area contributed by atoms with Gasteiger partial charge < -0.3 is 46.0 Å². The molecule has 13 heteroatoms. The van der Waals surface area contributed by atoms with E-state index >= 15 is 0 Å². The lowest BCUT2D eigenvalue weighted by atomic mass is 10.1. The zero-order valence-electron chi connectivity index (χ0n) is 16.8. The summed E-state index contributed by atoms with van der Waals surface area (Å²) in [5.74, 6) is -7.74. The van der Waals surface area contributed by atoms with Crippen molar-refractivity contribution in [2.45, 2.75) is 12.1 Å². The van der Waals surface area contributed by atoms with Crippen molar-refractivity contribution in [2.24, 2.45) is 0 Å². The molecule has 2 rings (SSSR count). The maximum absolute atomic E-state index is 12.2. The molecule has 176 valence electrons. The first kappa shape index (κ1) is 24.7. The minimum Gasteiger partial charge on any atom is -0.504 e. The summed E-state index contributed by atoms with van der Waals surface area (Å²) >= 11 is 0. The summed E-state index contributed by atoms with van der Waals surface area (Å²) in [5, 5.41) is 61.0. The van der Waals surface area contributed by atoms with Crippen LogP contribution < -0.4 is 10.6 Å². The predicted molar refractivity (Wildman–Crippen MR) is 108 cm³/mol. The van der Waals surface area contributed by atoms with Gasteiger partial charge in [-0.3, -0.25) is 9.59 Å². The summed E-state index contributed by atoms with van der Waals surface area (Å²) < 4.78 is 4.77. The molecular formula is C20H20N2O11. The Balaban J connectivity index is 2.03. The van der Waals surface area contributed by atoms with E-state index in [0.29, 0.717) is 0 Å². The molecule has 0 unspecified atom stereocenters. The number of aliphatic carboxylic acids is 1. The minimum absolute atomic E-state index is 0.400. The Morgan fingerprint density at radius 3 is 1.67 bits per heavy atom. The van der Waals surface area contributed by atoms with Gasteiger partial charge >= 0.3 is 11.9 Å². The Morgan fingerprint density at radius 1 is 0.788 bits per heavy atom. The van der Waals surface area contributed by atoms with E-state index in [1.54, 1.807) is 0 Å². The molecule has 2 amide bonds. The Labute approximate surface area is 185 Å². The molecule has 0 saturated heterocycles. The molecule has 33 heavy (non-hydrogen) atoms. The van der Waals surface area contributed by atoms with E-state index in [2.05, 4.69) is 5.32 Å². The number of ether oxygens (including phenoxy) is 1. The molecule has 0 aromatic heterocycles. The van der Waals surface area contributed by atoms with Gasteiger partial charge in [0.2, 0.25) is 0 Å². The standard InChI is InChI=1S/C20H20N2O11/c23-7-11(21-17(28)9-3-1-5-13(24)15(9)26)20(32)33-8-12(19(30)31)22-18(29)10-4-2-6-14(25)16(10)27/h1-6,11-12,23-27H,7-8H2,(H,21,28)(H,22,29)(H,30,31)/t11-,12+/m1/s1. The number of aromatic hydroxyl groups is 4. The predicted octanol–water partition coefficient (Wildman–Crippen LogP) is -0.974. The van der Waals surface area contributed by atoms with Crippen LogP contribution in [0, 0.1) is 0 Å². The lowest BCUT2D eigenvalue weighted by Gasteiger charge is -2.19. The van der Waals surface area contributed by atoms with Gasteiger partial charge in [-0.2, -0.15) is 0 Å². The number of hydrogen-bond acceptors (Lipinski definition) is 10. The van der Waals surface area contributed by atoms with E-state index in [1.807, 2.05) is 5.32 Å². The van der Waals surface area contributed by atoms with E-state index < -0.39 is 83.2 Å². The van der Waals surface area contributed by atoms with Gasteiger partial charge in [0.1, 0.15) is 6.61 Å². The summed E-state index contributed by atoms with van der Waals surface area (Å²) in [5.41, 5.74) is -0.832. The normalized spacial score (nSPS) is 12.3. The van der Waals surface area contributed by atoms with E-state index in [1.165, 1.54) is 12.1 Å². The van der Waals surface area contributed by atoms with Crippen LogP contribution >= 0.6 is 0 Å². The quantitative estimate of drug-likeness (QED) is 0.166. The zero-order chi connectivity index (χ0) is 24.7. The fourth-order valence-corrected chi connectivity index (χ4v) is 2.52. The Kier molecular flexibility index (Phi) is 8.01. The van der Waals surface area contributed by atoms with Crippen LogP contribution in [0.5, 0.6) is 23.0 Å². The van der Waals surface area contributed by atoms with Crippen LogP contribution in [0.3, 0.4) is 0 Å². The van der Waals surface area contributed by atoms with Crippen molar-refractivity contribution in [2.75, 3.05) is 13.2 Å². The van der Waals surface area contributed by atoms with Crippen molar-refractivity contribution in [3.05, 3.63) is 47.5 Å². The first-order valence-electron chi connectivity index (χ1n) is 9.20. The SMILES string of the molecule is O=C(N[C@@H](COC(=O)[C@@H](CO)NC(=O)c1cccc(O)c1O)C(=O)O)c1cccc(O)c1O. The number of benzene rings is 2. The molecule has 13 nitrogen and oxygen atoms in total. The van der Waals surface area contributed by atoms with E-state index in [4.69, 9.17) is 4.74 Å². The van der Waals surface area contributed by atoms with E-state index in [-0.39, 0.29) is 0 Å². The highest BCUT2D eigenvalue weighted by Crippen LogP contribution is 2.28. The van der Waals surface area contributed by atoms with Crippen molar-refractivity contribution in [3.8, 4) is 23.0 Å². The summed E-state index contributed by atoms with van der Waals surface area (Å²) in [6, 6.07) is 3.50. The lowest BCUT2D eigenvalue weighted by Crippen LogP contribution is -2.48. The second-order valence-electron chi connectivity index (χ2n) is 6.55. The Bertz CT molecular complexity index is 1070. The first-order valence-corrected chi connectivity index (χ1v) is 9.20. The number of phenolic OH excluding ortho intramolecular Hbond substituents is 4. The van der Waals surface area contributed by atoms with Crippen LogP contribution in [0.15, 0.2) is 36.4 Å². The number of hydrogen-bond donors (Lipinski definition) is 8. The third-order valence-corrected chi connectivity index (χ3v) is 4.29. The topological polar surface area (TPSA) is 223 Å². The molecule has 0 radical (unpaired) electrons. The molecule has 0 spiro atoms. The average molecular weight is 464 g/mol. The first-order chi connectivity index (χ1) is 15.6. The molecule has 0 fully saturated rings. The van der Waals surface area contributed by atoms with Gasteiger partial charge in [0.15, 0.2) is 35.1 Å². The number of phenols is 4. The third-order valence-electron chi connectivity index (χ3n) is 4.29. The molecule has 2 aromatic carbocycles. The number of carboxylic acids is 1. The second kappa shape index (κ2) is 10.7. The van der Waals surface area contributed by atoms with Crippen molar-refractivity contribution in [3.63, 3.8) is 0 Å². The van der Waals surface area contributed by atoms with Crippen molar-refractivity contribution < 1.29 is 54.6 Å². The smallest absolute Gasteiger partial charge is 0.331 e. The number of aliphatic hydroxyl groups is 1. The molecule has 2 atom stereocenters. The molecule has 2 aromatic rings. The molecule has 0 aliphatic rings. The van der Waals surface area contributed by atoms with Gasteiger partial charge in [-0.1, -0.05) is 12.1 Å². The lowest BCUT2D eigenvalue weighted by molar-refractivity contribution is -0.150. The average Bonchev–Trinajstić information content (AvgIpc) is 2.77. The largest absolute Gasteiger partial charge is 0.504 e. The second-order valence-corrected chi connectivity index (χ2v) is 6.55. The summed E-state index contributed by atoms with van der Waals surface area (Å²) in [6.07, 6.45) is 0. The van der Waals surface area contributed by atoms with Gasteiger partial charge in [-0.15, -0.1) is 0 Å². The molecule has 0 aliphatic heterocycles. The Hall–Kier alpha value is -4.52. The number of rotatable bonds is 9. The van der Waals surface area contributed by atoms with E-state index in [9.17, 15) is 49.8 Å². The maximum atomic E-state index is 12.2. The van der Waals surface area contributed by atoms with Crippen LogP contribution in [-0.2, 0) is 14.3 Å². The number of nitrogens with one attached hydrogen (secondary N) is 2. The van der Waals surface area contributed by atoms with Crippen LogP contribution in [0.4, 0.5) is 0 Å². The van der Waals surface area contributed by atoms with Gasteiger partial charge in [0.05, 0.1) is 17.7 Å². The summed E-state index contributed by atoms with van der Waals surface area (Å²) in [4.78, 5) is 48.0. The molecule has 0 heterocycles. The van der Waals surface area contributed by atoms with Crippen LogP contribution in [-0.4, -0.2) is 79.7 Å². The van der Waals surface area contributed by atoms with E-state index in [0.717, 1.165) is 24.3 Å². The van der Waals surface area contributed by atoms with Gasteiger partial charge in [0.25, 0.3) is 11.8 Å². The molecule has 0 saturated carbocycles. The van der Waals surface area contributed by atoms with Gasteiger partial charge in [-0.25, -0.2) is 9.59 Å². The van der Waals surface area contributed by atoms with Crippen molar-refractivity contribution in [1.29, 1.82) is 0 Å². The molecule has 8 N–H and O–H groups in total. The summed E-state index contributed by atoms with van der Waals surface area (Å²) in [6.45, 7) is -1.87. The molecule has 0 bridgehead atoms. The Morgan fingerprint density at radius 2 is 1.24 bits per heavy atom. The van der Waals surface area contributed by atoms with Crippen LogP contribution in [0.1, 0.15) is 20.7 Å². The highest BCUT2D eigenvalue weighted by molar-refractivity contribution is 6.00. The number of carbonyl (C=O) groups excluding carboxylic acids is 3. The van der Waals surface area contributed by atoms with Crippen LogP contribution in [0.2, 0.25) is 0 Å². The summed E-state index contributed by atoms with van der Waals surface area (Å²) in [7, 11) is 0. The highest BCUT2D eigenvalue weighted by Gasteiger charge is 2.28. The number of esters is 1. The monoisotopic (exact) mass is 464 g/mol. The maximum Gasteiger partial charge on any atom is 0.331 e. The van der Waals surface area contributed by atoms with Crippen molar-refractivity contribution >= 4 is 23.8 Å². The third kappa shape index (κ3) is 6.01. The zero-order valence-corrected chi connectivity index (χ0v) is 16.8. The number of para-hydroxylation sites is 2.